The van der Waals surface area contributed by atoms with E-state index in [0.717, 1.165) is 34.1 Å². The lowest BCUT2D eigenvalue weighted by Gasteiger charge is -2.06. The second kappa shape index (κ2) is 6.81. The lowest BCUT2D eigenvalue weighted by Crippen LogP contribution is -2.19. The molecule has 0 radical (unpaired) electrons. The van der Waals surface area contributed by atoms with Gasteiger partial charge in [-0.2, -0.15) is 0 Å². The van der Waals surface area contributed by atoms with E-state index in [9.17, 15) is 4.79 Å². The predicted molar refractivity (Wildman–Crippen MR) is 90.2 cm³/mol. The number of fused-ring (bicyclic) bond motifs is 1. The molecule has 0 aliphatic heterocycles. The summed E-state index contributed by atoms with van der Waals surface area (Å²) in [7, 11) is 1.99. The smallest absolute Gasteiger partial charge is 0.189 e. The normalized spacial score (nSPS) is 11.1. The maximum atomic E-state index is 12.0. The van der Waals surface area contributed by atoms with Crippen LogP contribution in [-0.2, 0) is 13.6 Å². The highest BCUT2D eigenvalue weighted by molar-refractivity contribution is 7.99. The Kier molecular flexibility index (Phi) is 4.60. The maximum absolute atomic E-state index is 12.0. The van der Waals surface area contributed by atoms with Crippen molar-refractivity contribution >= 4 is 22.7 Å². The van der Waals surface area contributed by atoms with Crippen LogP contribution >= 0.6 is 11.8 Å². The van der Waals surface area contributed by atoms with Crippen LogP contribution in [0.1, 0.15) is 5.69 Å². The van der Waals surface area contributed by atoms with Crippen LogP contribution in [0.15, 0.2) is 52.7 Å². The van der Waals surface area contributed by atoms with E-state index in [2.05, 4.69) is 15.3 Å². The first-order valence-electron chi connectivity index (χ1n) is 7.16. The molecule has 0 aliphatic carbocycles. The van der Waals surface area contributed by atoms with Gasteiger partial charge in [-0.05, 0) is 12.1 Å². The molecule has 0 aliphatic rings. The molecule has 3 rings (SSSR count). The highest BCUT2D eigenvalue weighted by atomic mass is 32.2. The van der Waals surface area contributed by atoms with Gasteiger partial charge in [0, 0.05) is 60.9 Å². The summed E-state index contributed by atoms with van der Waals surface area (Å²) in [6.07, 6.45) is 3.74. The SMILES string of the molecule is Cn1ccnc1SCCNCc1cc(=O)c2ccccc2[nH]1. The van der Waals surface area contributed by atoms with E-state index < -0.39 is 0 Å². The van der Waals surface area contributed by atoms with Gasteiger partial charge in [0.15, 0.2) is 10.6 Å². The number of hydrogen-bond donors (Lipinski definition) is 2. The zero-order valence-corrected chi connectivity index (χ0v) is 13.2. The second-order valence-corrected chi connectivity index (χ2v) is 6.11. The molecule has 0 atom stereocenters. The first-order chi connectivity index (χ1) is 10.7. The van der Waals surface area contributed by atoms with E-state index >= 15 is 0 Å². The van der Waals surface area contributed by atoms with Gasteiger partial charge in [0.05, 0.1) is 0 Å². The number of nitrogens with zero attached hydrogens (tertiary/aromatic N) is 2. The highest BCUT2D eigenvalue weighted by Gasteiger charge is 2.02. The summed E-state index contributed by atoms with van der Waals surface area (Å²) in [5.74, 6) is 0.933. The Bertz CT molecular complexity index is 824. The molecule has 0 amide bonds. The summed E-state index contributed by atoms with van der Waals surface area (Å²) in [5.41, 5.74) is 1.86. The van der Waals surface area contributed by atoms with Crippen LogP contribution in [-0.4, -0.2) is 26.8 Å². The average molecular weight is 314 g/mol. The van der Waals surface area contributed by atoms with Crippen LogP contribution in [0.5, 0.6) is 0 Å². The molecule has 0 saturated heterocycles. The lowest BCUT2D eigenvalue weighted by atomic mass is 10.2. The van der Waals surface area contributed by atoms with Gasteiger partial charge in [-0.1, -0.05) is 23.9 Å². The Morgan fingerprint density at radius 1 is 1.36 bits per heavy atom. The molecule has 6 heteroatoms. The van der Waals surface area contributed by atoms with Crippen molar-refractivity contribution in [2.24, 2.45) is 7.05 Å². The largest absolute Gasteiger partial charge is 0.357 e. The van der Waals surface area contributed by atoms with Gasteiger partial charge >= 0.3 is 0 Å². The first-order valence-corrected chi connectivity index (χ1v) is 8.14. The van der Waals surface area contributed by atoms with Crippen LogP contribution in [0.25, 0.3) is 10.9 Å². The minimum Gasteiger partial charge on any atom is -0.357 e. The van der Waals surface area contributed by atoms with Gasteiger partial charge in [0.2, 0.25) is 0 Å². The second-order valence-electron chi connectivity index (χ2n) is 5.05. The molecule has 0 bridgehead atoms. The quantitative estimate of drug-likeness (QED) is 0.540. The van der Waals surface area contributed by atoms with Gasteiger partial charge in [-0.15, -0.1) is 0 Å². The molecule has 22 heavy (non-hydrogen) atoms. The van der Waals surface area contributed by atoms with Crippen LogP contribution in [0.2, 0.25) is 0 Å². The summed E-state index contributed by atoms with van der Waals surface area (Å²) >= 11 is 1.71. The standard InChI is InChI=1S/C16H18N4OS/c1-20-8-6-18-16(20)22-9-7-17-11-12-10-15(21)13-4-2-3-5-14(13)19-12/h2-6,8,10,17H,7,9,11H2,1H3,(H,19,21). The van der Waals surface area contributed by atoms with Crippen molar-refractivity contribution in [2.45, 2.75) is 11.7 Å². The number of aryl methyl sites for hydroxylation is 1. The van der Waals surface area contributed by atoms with Crippen molar-refractivity contribution in [1.82, 2.24) is 19.9 Å². The van der Waals surface area contributed by atoms with Crippen molar-refractivity contribution in [3.05, 3.63) is 58.6 Å². The number of hydrogen-bond acceptors (Lipinski definition) is 4. The first kappa shape index (κ1) is 14.9. The fourth-order valence-corrected chi connectivity index (χ4v) is 3.10. The molecule has 2 heterocycles. The number of rotatable bonds is 6. The minimum absolute atomic E-state index is 0.0635. The third-order valence-corrected chi connectivity index (χ3v) is 4.46. The number of nitrogens with one attached hydrogen (secondary N) is 2. The summed E-state index contributed by atoms with van der Waals surface area (Å²) in [6, 6.07) is 9.25. The molecule has 2 N–H and O–H groups in total. The fourth-order valence-electron chi connectivity index (χ4n) is 2.28. The average Bonchev–Trinajstić information content (AvgIpc) is 2.92. The predicted octanol–water partition coefficient (Wildman–Crippen LogP) is 2.14. The Labute approximate surface area is 132 Å². The van der Waals surface area contributed by atoms with Gasteiger partial charge < -0.3 is 14.9 Å². The number of para-hydroxylation sites is 1. The third kappa shape index (κ3) is 3.40. The van der Waals surface area contributed by atoms with Crippen molar-refractivity contribution in [1.29, 1.82) is 0 Å². The number of benzene rings is 1. The molecule has 114 valence electrons. The van der Waals surface area contributed by atoms with Crippen molar-refractivity contribution in [3.8, 4) is 0 Å². The molecule has 1 aromatic carbocycles. The summed E-state index contributed by atoms with van der Waals surface area (Å²) in [5, 5.41) is 5.10. The topological polar surface area (TPSA) is 62.7 Å². The number of aromatic nitrogens is 3. The van der Waals surface area contributed by atoms with Crippen LogP contribution in [0.3, 0.4) is 0 Å². The van der Waals surface area contributed by atoms with E-state index in [0.29, 0.717) is 6.54 Å². The Morgan fingerprint density at radius 3 is 3.05 bits per heavy atom. The number of H-pyrrole nitrogens is 1. The van der Waals surface area contributed by atoms with E-state index in [1.165, 1.54) is 0 Å². The van der Waals surface area contributed by atoms with Crippen LogP contribution < -0.4 is 10.7 Å². The van der Waals surface area contributed by atoms with E-state index in [-0.39, 0.29) is 5.43 Å². The van der Waals surface area contributed by atoms with Crippen LogP contribution in [0, 0.1) is 0 Å². The van der Waals surface area contributed by atoms with Gasteiger partial charge in [0.25, 0.3) is 0 Å². The molecule has 2 aromatic heterocycles. The molecule has 0 fully saturated rings. The van der Waals surface area contributed by atoms with Gasteiger partial charge in [-0.25, -0.2) is 4.98 Å². The van der Waals surface area contributed by atoms with E-state index in [1.807, 2.05) is 42.1 Å². The van der Waals surface area contributed by atoms with Crippen molar-refractivity contribution in [2.75, 3.05) is 12.3 Å². The zero-order chi connectivity index (χ0) is 15.4. The lowest BCUT2D eigenvalue weighted by molar-refractivity contribution is 0.715. The summed E-state index contributed by atoms with van der Waals surface area (Å²) in [4.78, 5) is 19.6. The summed E-state index contributed by atoms with van der Waals surface area (Å²) < 4.78 is 2.01. The Hall–Kier alpha value is -2.05. The van der Waals surface area contributed by atoms with E-state index in [4.69, 9.17) is 0 Å². The number of pyridine rings is 1. The third-order valence-electron chi connectivity index (χ3n) is 3.40. The molecule has 5 nitrogen and oxygen atoms in total. The maximum Gasteiger partial charge on any atom is 0.189 e. The van der Waals surface area contributed by atoms with Gasteiger partial charge in [0.1, 0.15) is 0 Å². The highest BCUT2D eigenvalue weighted by Crippen LogP contribution is 2.13. The number of imidazole rings is 1. The number of thioether (sulfide) groups is 1. The minimum atomic E-state index is 0.0635. The molecule has 0 unspecified atom stereocenters. The monoisotopic (exact) mass is 314 g/mol. The van der Waals surface area contributed by atoms with Crippen molar-refractivity contribution < 1.29 is 0 Å². The fraction of sp³-hybridized carbons (Fsp3) is 0.250. The Balaban J connectivity index is 1.54. The molecule has 0 saturated carbocycles. The Morgan fingerprint density at radius 2 is 2.23 bits per heavy atom. The van der Waals surface area contributed by atoms with Gasteiger partial charge in [-0.3, -0.25) is 4.79 Å². The zero-order valence-electron chi connectivity index (χ0n) is 12.4. The molecular weight excluding hydrogens is 296 g/mol. The summed E-state index contributed by atoms with van der Waals surface area (Å²) in [6.45, 7) is 1.51. The number of aromatic amines is 1. The van der Waals surface area contributed by atoms with Crippen LogP contribution in [0.4, 0.5) is 0 Å². The molecule has 0 spiro atoms. The van der Waals surface area contributed by atoms with E-state index in [1.54, 1.807) is 24.0 Å². The molecular formula is C16H18N4OS. The molecule has 3 aromatic rings. The van der Waals surface area contributed by atoms with Crippen molar-refractivity contribution in [3.63, 3.8) is 0 Å².